The van der Waals surface area contributed by atoms with Crippen LogP contribution in [0.1, 0.15) is 44.4 Å². The molecule has 1 heterocycles. The molecule has 5 heteroatoms. The van der Waals surface area contributed by atoms with Crippen molar-refractivity contribution in [1.29, 1.82) is 0 Å². The highest BCUT2D eigenvalue weighted by atomic mass is 16.5. The topological polar surface area (TPSA) is 60.7 Å². The minimum absolute atomic E-state index is 0.0262. The molecule has 0 spiro atoms. The van der Waals surface area contributed by atoms with Crippen LogP contribution in [-0.4, -0.2) is 32.3 Å². The molecular weight excluding hydrogens is 330 g/mol. The number of amides is 1. The van der Waals surface area contributed by atoms with Crippen LogP contribution in [0.15, 0.2) is 22.6 Å². The number of nitrogens with one attached hydrogen (secondary N) is 1. The second-order valence-electron chi connectivity index (χ2n) is 7.33. The molecule has 5 nitrogen and oxygen atoms in total. The first-order valence-corrected chi connectivity index (χ1v) is 9.65. The summed E-state index contributed by atoms with van der Waals surface area (Å²) in [5.41, 5.74) is 2.22. The van der Waals surface area contributed by atoms with E-state index >= 15 is 0 Å². The van der Waals surface area contributed by atoms with Crippen LogP contribution in [0.5, 0.6) is 5.75 Å². The number of hydrogen-bond donors (Lipinski definition) is 1. The molecule has 142 valence electrons. The number of rotatable bonds is 9. The molecule has 0 radical (unpaired) electrons. The molecule has 1 aliphatic carbocycles. The second kappa shape index (κ2) is 9.08. The molecule has 1 amide bonds. The van der Waals surface area contributed by atoms with Crippen molar-refractivity contribution in [3.05, 3.63) is 29.5 Å². The molecular formula is C21H29NO4. The Kier molecular flexibility index (Phi) is 6.56. The van der Waals surface area contributed by atoms with Crippen molar-refractivity contribution in [2.75, 3.05) is 26.4 Å². The minimum Gasteiger partial charge on any atom is -0.484 e. The maximum absolute atomic E-state index is 11.9. The molecule has 0 aliphatic heterocycles. The van der Waals surface area contributed by atoms with E-state index in [4.69, 9.17) is 13.9 Å². The second-order valence-corrected chi connectivity index (χ2v) is 7.33. The van der Waals surface area contributed by atoms with Gasteiger partial charge in [0.1, 0.15) is 17.1 Å². The maximum Gasteiger partial charge on any atom is 0.257 e. The minimum atomic E-state index is -0.108. The number of fused-ring (bicyclic) bond motifs is 3. The zero-order valence-electron chi connectivity index (χ0n) is 15.8. The zero-order chi connectivity index (χ0) is 18.4. The summed E-state index contributed by atoms with van der Waals surface area (Å²) in [5, 5.41) is 3.99. The van der Waals surface area contributed by atoms with Gasteiger partial charge in [-0.2, -0.15) is 0 Å². The van der Waals surface area contributed by atoms with Gasteiger partial charge in [-0.25, -0.2) is 0 Å². The van der Waals surface area contributed by atoms with E-state index in [2.05, 4.69) is 19.2 Å². The molecule has 26 heavy (non-hydrogen) atoms. The van der Waals surface area contributed by atoms with Crippen LogP contribution in [0, 0.1) is 5.92 Å². The summed E-state index contributed by atoms with van der Waals surface area (Å²) in [6.07, 6.45) is 5.29. The molecule has 1 aliphatic rings. The highest BCUT2D eigenvalue weighted by Crippen LogP contribution is 2.33. The van der Waals surface area contributed by atoms with E-state index in [1.54, 1.807) is 0 Å². The Morgan fingerprint density at radius 1 is 1.27 bits per heavy atom. The Labute approximate surface area is 155 Å². The first-order chi connectivity index (χ1) is 12.6. The first kappa shape index (κ1) is 18.8. The Morgan fingerprint density at radius 3 is 2.96 bits per heavy atom. The number of benzene rings is 1. The summed E-state index contributed by atoms with van der Waals surface area (Å²) < 4.78 is 17.1. The van der Waals surface area contributed by atoms with E-state index in [1.165, 1.54) is 18.4 Å². The van der Waals surface area contributed by atoms with Crippen molar-refractivity contribution in [1.82, 2.24) is 5.32 Å². The Morgan fingerprint density at radius 2 is 2.12 bits per heavy atom. The van der Waals surface area contributed by atoms with Gasteiger partial charge in [-0.1, -0.05) is 13.8 Å². The third kappa shape index (κ3) is 5.01. The van der Waals surface area contributed by atoms with Crippen molar-refractivity contribution in [2.24, 2.45) is 5.92 Å². The summed E-state index contributed by atoms with van der Waals surface area (Å²) in [4.78, 5) is 11.9. The lowest BCUT2D eigenvalue weighted by Gasteiger charge is -2.10. The quantitative estimate of drug-likeness (QED) is 0.691. The van der Waals surface area contributed by atoms with Crippen LogP contribution in [0.3, 0.4) is 0 Å². The largest absolute Gasteiger partial charge is 0.484 e. The zero-order valence-corrected chi connectivity index (χ0v) is 15.8. The lowest BCUT2D eigenvalue weighted by Crippen LogP contribution is -2.30. The number of carbonyl (C=O) groups is 1. The molecule has 1 aromatic heterocycles. The fourth-order valence-corrected chi connectivity index (χ4v) is 3.25. The van der Waals surface area contributed by atoms with Crippen molar-refractivity contribution >= 4 is 16.9 Å². The van der Waals surface area contributed by atoms with Gasteiger partial charge in [0.15, 0.2) is 6.61 Å². The van der Waals surface area contributed by atoms with E-state index in [0.29, 0.717) is 24.8 Å². The summed E-state index contributed by atoms with van der Waals surface area (Å²) in [6.45, 7) is 6.30. The maximum atomic E-state index is 11.9. The molecule has 3 rings (SSSR count). The van der Waals surface area contributed by atoms with Gasteiger partial charge in [0.2, 0.25) is 0 Å². The van der Waals surface area contributed by atoms with Crippen molar-refractivity contribution in [3.63, 3.8) is 0 Å². The van der Waals surface area contributed by atoms with E-state index in [-0.39, 0.29) is 12.5 Å². The highest BCUT2D eigenvalue weighted by Gasteiger charge is 2.18. The average molecular weight is 359 g/mol. The van der Waals surface area contributed by atoms with Gasteiger partial charge in [-0.15, -0.1) is 0 Å². The SMILES string of the molecule is CC(C)COCCCNC(=O)COc1ccc2oc3c(c2c1)CCCC3. The van der Waals surface area contributed by atoms with Crippen molar-refractivity contribution < 1.29 is 18.7 Å². The van der Waals surface area contributed by atoms with Crippen LogP contribution < -0.4 is 10.1 Å². The molecule has 2 aromatic rings. The van der Waals surface area contributed by atoms with Crippen LogP contribution in [0.25, 0.3) is 11.0 Å². The van der Waals surface area contributed by atoms with Gasteiger partial charge in [0, 0.05) is 37.1 Å². The van der Waals surface area contributed by atoms with Crippen molar-refractivity contribution in [2.45, 2.75) is 46.0 Å². The number of ether oxygens (including phenoxy) is 2. The number of hydrogen-bond acceptors (Lipinski definition) is 4. The Balaban J connectivity index is 1.43. The first-order valence-electron chi connectivity index (χ1n) is 9.65. The molecule has 1 aromatic carbocycles. The van der Waals surface area contributed by atoms with E-state index in [9.17, 15) is 4.79 Å². The molecule has 0 bridgehead atoms. The highest BCUT2D eigenvalue weighted by molar-refractivity contribution is 5.84. The van der Waals surface area contributed by atoms with Gasteiger partial charge < -0.3 is 19.2 Å². The van der Waals surface area contributed by atoms with Crippen LogP contribution in [0.2, 0.25) is 0 Å². The fourth-order valence-electron chi connectivity index (χ4n) is 3.25. The molecule has 0 saturated carbocycles. The Hall–Kier alpha value is -2.01. The third-order valence-corrected chi connectivity index (χ3v) is 4.54. The molecule has 0 fully saturated rings. The third-order valence-electron chi connectivity index (χ3n) is 4.54. The monoisotopic (exact) mass is 359 g/mol. The summed E-state index contributed by atoms with van der Waals surface area (Å²) >= 11 is 0. The normalized spacial score (nSPS) is 13.8. The summed E-state index contributed by atoms with van der Waals surface area (Å²) in [5.74, 6) is 2.25. The average Bonchev–Trinajstić information content (AvgIpc) is 3.00. The van der Waals surface area contributed by atoms with E-state index in [0.717, 1.165) is 42.6 Å². The van der Waals surface area contributed by atoms with Gasteiger partial charge in [-0.3, -0.25) is 4.79 Å². The fraction of sp³-hybridized carbons (Fsp3) is 0.571. The van der Waals surface area contributed by atoms with Crippen LogP contribution >= 0.6 is 0 Å². The lowest BCUT2D eigenvalue weighted by molar-refractivity contribution is -0.123. The van der Waals surface area contributed by atoms with Crippen LogP contribution in [-0.2, 0) is 22.4 Å². The predicted octanol–water partition coefficient (Wildman–Crippen LogP) is 3.87. The standard InChI is InChI=1S/C21H29NO4/c1-15(2)13-24-11-5-10-22-21(23)14-25-16-8-9-20-18(12-16)17-6-3-4-7-19(17)26-20/h8-9,12,15H,3-7,10-11,13-14H2,1-2H3,(H,22,23). The molecule has 0 atom stereocenters. The van der Waals surface area contributed by atoms with E-state index in [1.807, 2.05) is 18.2 Å². The smallest absolute Gasteiger partial charge is 0.257 e. The number of furan rings is 1. The summed E-state index contributed by atoms with van der Waals surface area (Å²) in [6, 6.07) is 5.80. The summed E-state index contributed by atoms with van der Waals surface area (Å²) in [7, 11) is 0. The van der Waals surface area contributed by atoms with Gasteiger partial charge in [0.25, 0.3) is 5.91 Å². The van der Waals surface area contributed by atoms with Gasteiger partial charge >= 0.3 is 0 Å². The molecule has 0 unspecified atom stereocenters. The van der Waals surface area contributed by atoms with Gasteiger partial charge in [-0.05, 0) is 49.8 Å². The Bertz CT molecular complexity index is 735. The van der Waals surface area contributed by atoms with E-state index < -0.39 is 0 Å². The molecule has 0 saturated heterocycles. The van der Waals surface area contributed by atoms with Crippen molar-refractivity contribution in [3.8, 4) is 5.75 Å². The number of carbonyl (C=O) groups excluding carboxylic acids is 1. The van der Waals surface area contributed by atoms with Crippen LogP contribution in [0.4, 0.5) is 0 Å². The number of aryl methyl sites for hydroxylation is 2. The van der Waals surface area contributed by atoms with Gasteiger partial charge in [0.05, 0.1) is 0 Å². The predicted molar refractivity (Wildman–Crippen MR) is 102 cm³/mol. The molecule has 1 N–H and O–H groups in total. The lowest BCUT2D eigenvalue weighted by atomic mass is 9.96.